The van der Waals surface area contributed by atoms with E-state index >= 15 is 0 Å². The van der Waals surface area contributed by atoms with Crippen molar-refractivity contribution in [2.75, 3.05) is 7.11 Å². The summed E-state index contributed by atoms with van der Waals surface area (Å²) in [5, 5.41) is 9.89. The molecule has 2 spiro atoms. The first-order valence-corrected chi connectivity index (χ1v) is 18.1. The summed E-state index contributed by atoms with van der Waals surface area (Å²) in [6.07, 6.45) is 17.5. The lowest BCUT2D eigenvalue weighted by Crippen LogP contribution is -2.58. The number of phenolic OH excluding ortho intramolecular Hbond substituents is 1. The number of aromatic hydroxyl groups is 1. The molecular formula is C41H60O4. The summed E-state index contributed by atoms with van der Waals surface area (Å²) in [5.41, 5.74) is 3.99. The zero-order valence-corrected chi connectivity index (χ0v) is 29.5. The van der Waals surface area contributed by atoms with Crippen molar-refractivity contribution in [2.45, 2.75) is 125 Å². The fraction of sp³-hybridized carbons (Fsp3) is 0.732. The van der Waals surface area contributed by atoms with Gasteiger partial charge >= 0.3 is 5.97 Å². The van der Waals surface area contributed by atoms with Crippen molar-refractivity contribution < 1.29 is 19.4 Å². The minimum Gasteiger partial charge on any atom is -0.504 e. The number of rotatable bonds is 9. The van der Waals surface area contributed by atoms with Gasteiger partial charge in [-0.15, -0.1) is 0 Å². The lowest BCUT2D eigenvalue weighted by Gasteiger charge is -2.63. The molecule has 0 aliphatic heterocycles. The Hall–Kier alpha value is -2.23. The van der Waals surface area contributed by atoms with E-state index in [9.17, 15) is 9.90 Å². The first-order chi connectivity index (χ1) is 21.1. The van der Waals surface area contributed by atoms with Gasteiger partial charge in [-0.25, -0.2) is 4.79 Å². The summed E-state index contributed by atoms with van der Waals surface area (Å²) >= 11 is 0. The van der Waals surface area contributed by atoms with Crippen molar-refractivity contribution in [3.8, 4) is 11.5 Å². The maximum Gasteiger partial charge on any atom is 0.331 e. The van der Waals surface area contributed by atoms with Crippen LogP contribution in [-0.4, -0.2) is 24.3 Å². The van der Waals surface area contributed by atoms with E-state index in [1.807, 2.05) is 0 Å². The minimum absolute atomic E-state index is 0.0365. The molecule has 0 amide bonds. The van der Waals surface area contributed by atoms with Crippen LogP contribution in [0.3, 0.4) is 0 Å². The minimum atomic E-state index is -0.278. The van der Waals surface area contributed by atoms with Crippen molar-refractivity contribution in [3.63, 3.8) is 0 Å². The third-order valence-electron chi connectivity index (χ3n) is 15.4. The van der Waals surface area contributed by atoms with Gasteiger partial charge in [0.25, 0.3) is 0 Å². The van der Waals surface area contributed by atoms with Gasteiger partial charge < -0.3 is 14.6 Å². The lowest BCUT2D eigenvalue weighted by atomic mass is 9.41. The number of methoxy groups -OCH3 is 1. The van der Waals surface area contributed by atoms with Gasteiger partial charge in [-0.1, -0.05) is 66.7 Å². The van der Waals surface area contributed by atoms with Gasteiger partial charge in [0.2, 0.25) is 0 Å². The third-order valence-corrected chi connectivity index (χ3v) is 15.4. The third kappa shape index (κ3) is 4.85. The summed E-state index contributed by atoms with van der Waals surface area (Å²) in [7, 11) is 1.52. The van der Waals surface area contributed by atoms with Gasteiger partial charge in [-0.3, -0.25) is 0 Å². The zero-order chi connectivity index (χ0) is 32.6. The number of phenols is 1. The molecule has 45 heavy (non-hydrogen) atoms. The van der Waals surface area contributed by atoms with Gasteiger partial charge in [0, 0.05) is 11.5 Å². The molecule has 0 bridgehead atoms. The highest BCUT2D eigenvalue weighted by atomic mass is 16.5. The highest BCUT2D eigenvalue weighted by molar-refractivity contribution is 5.87. The van der Waals surface area contributed by atoms with E-state index in [-0.39, 0.29) is 23.2 Å². The maximum atomic E-state index is 13.1. The Morgan fingerprint density at radius 3 is 2.40 bits per heavy atom. The summed E-state index contributed by atoms with van der Waals surface area (Å²) in [4.78, 5) is 13.1. The van der Waals surface area contributed by atoms with Gasteiger partial charge in [0.1, 0.15) is 6.10 Å². The number of esters is 1. The number of hydrogen-bond donors (Lipinski definition) is 1. The average Bonchev–Trinajstić information content (AvgIpc) is 3.58. The Kier molecular flexibility index (Phi) is 8.13. The fourth-order valence-corrected chi connectivity index (χ4v) is 12.5. The van der Waals surface area contributed by atoms with Crippen LogP contribution in [0.5, 0.6) is 11.5 Å². The van der Waals surface area contributed by atoms with Crippen molar-refractivity contribution in [2.24, 2.45) is 56.7 Å². The molecule has 1 aromatic rings. The van der Waals surface area contributed by atoms with E-state index < -0.39 is 0 Å². The van der Waals surface area contributed by atoms with Crippen LogP contribution >= 0.6 is 0 Å². The number of hydrogen-bond acceptors (Lipinski definition) is 4. The second kappa shape index (κ2) is 11.2. The number of ether oxygens (including phenoxy) is 2. The predicted octanol–water partition coefficient (Wildman–Crippen LogP) is 10.4. The average molecular weight is 617 g/mol. The van der Waals surface area contributed by atoms with Crippen LogP contribution in [0.25, 0.3) is 6.08 Å². The first-order valence-electron chi connectivity index (χ1n) is 18.1. The molecule has 9 atom stereocenters. The Labute approximate surface area is 273 Å². The van der Waals surface area contributed by atoms with Gasteiger partial charge in [0.15, 0.2) is 11.5 Å². The Bertz CT molecular complexity index is 1360. The van der Waals surface area contributed by atoms with Crippen LogP contribution in [0, 0.1) is 56.7 Å². The summed E-state index contributed by atoms with van der Waals surface area (Å²) < 4.78 is 11.5. The van der Waals surface area contributed by atoms with Crippen LogP contribution in [0.1, 0.15) is 125 Å². The quantitative estimate of drug-likeness (QED) is 0.170. The largest absolute Gasteiger partial charge is 0.504 e. The van der Waals surface area contributed by atoms with E-state index in [2.05, 4.69) is 55.0 Å². The molecule has 4 nitrogen and oxygen atoms in total. The van der Waals surface area contributed by atoms with Gasteiger partial charge in [0.05, 0.1) is 7.11 Å². The number of carbonyl (C=O) groups excluding carboxylic acids is 1. The van der Waals surface area contributed by atoms with Crippen LogP contribution in [0.15, 0.2) is 36.4 Å². The molecule has 5 aliphatic carbocycles. The predicted molar refractivity (Wildman–Crippen MR) is 183 cm³/mol. The van der Waals surface area contributed by atoms with E-state index in [0.29, 0.717) is 39.2 Å². The molecular weight excluding hydrogens is 556 g/mol. The van der Waals surface area contributed by atoms with Gasteiger partial charge in [-0.05, 0) is 146 Å². The topological polar surface area (TPSA) is 55.8 Å². The molecule has 4 heteroatoms. The zero-order valence-electron chi connectivity index (χ0n) is 29.5. The Morgan fingerprint density at radius 1 is 0.978 bits per heavy atom. The van der Waals surface area contributed by atoms with E-state index in [0.717, 1.165) is 29.7 Å². The Balaban J connectivity index is 1.14. The van der Waals surface area contributed by atoms with Crippen LogP contribution in [0.4, 0.5) is 0 Å². The highest BCUT2D eigenvalue weighted by Crippen LogP contribution is 2.89. The molecule has 5 aliphatic rings. The number of fused-ring (bicyclic) bond motifs is 2. The second-order valence-corrected chi connectivity index (χ2v) is 17.5. The molecule has 5 fully saturated rings. The molecule has 248 valence electrons. The van der Waals surface area contributed by atoms with Crippen molar-refractivity contribution in [1.29, 1.82) is 0 Å². The molecule has 2 unspecified atom stereocenters. The molecule has 5 saturated carbocycles. The Morgan fingerprint density at radius 2 is 1.69 bits per heavy atom. The molecule has 0 aromatic heterocycles. The lowest BCUT2D eigenvalue weighted by molar-refractivity contribution is -0.179. The van der Waals surface area contributed by atoms with E-state index in [1.54, 1.807) is 24.3 Å². The smallest absolute Gasteiger partial charge is 0.331 e. The molecule has 1 N–H and O–H groups in total. The monoisotopic (exact) mass is 616 g/mol. The van der Waals surface area contributed by atoms with E-state index in [1.165, 1.54) is 83.0 Å². The summed E-state index contributed by atoms with van der Waals surface area (Å²) in [5.74, 6) is 3.84. The fourth-order valence-electron chi connectivity index (χ4n) is 12.5. The number of benzene rings is 1. The molecule has 0 saturated heterocycles. The second-order valence-electron chi connectivity index (χ2n) is 17.5. The SMILES string of the molecule is C=C(CC[C@@H](C)[C@H]1CC[C@@]2(C)C3CCC4C(C)(C)[C@@H](OC(=O)/C=C/c5ccc(O)c(OC)c5)CC[C@@]45C[C@@]35CC[C@]12C)C(C)C. The normalized spacial score (nSPS) is 40.2. The number of allylic oxidation sites excluding steroid dienone is 1. The van der Waals surface area contributed by atoms with Crippen molar-refractivity contribution in [3.05, 3.63) is 42.0 Å². The van der Waals surface area contributed by atoms with Crippen LogP contribution in [0.2, 0.25) is 0 Å². The molecule has 1 aromatic carbocycles. The molecule has 0 radical (unpaired) electrons. The van der Waals surface area contributed by atoms with Gasteiger partial charge in [-0.2, -0.15) is 0 Å². The maximum absolute atomic E-state index is 13.1. The summed E-state index contributed by atoms with van der Waals surface area (Å²) in [6.45, 7) is 21.7. The van der Waals surface area contributed by atoms with Crippen LogP contribution < -0.4 is 4.74 Å². The van der Waals surface area contributed by atoms with E-state index in [4.69, 9.17) is 9.47 Å². The van der Waals surface area contributed by atoms with Crippen molar-refractivity contribution in [1.82, 2.24) is 0 Å². The van der Waals surface area contributed by atoms with Crippen LogP contribution in [-0.2, 0) is 9.53 Å². The standard InChI is InChI=1S/C41H60O4/c1-26(2)27(3)10-11-28(4)30-18-20-39(8)34-16-15-33-37(5,6)35(19-21-40(33)25-41(34,40)23-22-38(30,39)7)45-36(43)17-13-29-12-14-31(42)32(24-29)44-9/h12-14,17,24,26,28,30,33-35,42H,3,10-11,15-16,18-23,25H2,1-2,4-9H3/b17-13+/t28-,30-,33?,34?,35+,38-,39+,40-,41+/m1/s1. The number of carbonyl (C=O) groups is 1. The van der Waals surface area contributed by atoms with Crippen molar-refractivity contribution >= 4 is 12.0 Å². The summed E-state index contributed by atoms with van der Waals surface area (Å²) in [6, 6.07) is 5.08. The molecule has 6 rings (SSSR count). The first kappa shape index (κ1) is 32.7. The highest BCUT2D eigenvalue weighted by Gasteiger charge is 2.82. The molecule has 0 heterocycles.